The maximum atomic E-state index is 5.68. The van der Waals surface area contributed by atoms with Gasteiger partial charge in [-0.15, -0.1) is 0 Å². The standard InChI is InChI=1S/C13H20IN3O/c1-8(2)10-9(14)11(15-3)17-12(16-10)13(18-4)6-5-7-13/h8H,5-7H2,1-4H3,(H,15,16,17). The SMILES string of the molecule is CNc1nc(C2(OC)CCC2)nc(C(C)C)c1I. The number of nitrogens with one attached hydrogen (secondary N) is 1. The van der Waals surface area contributed by atoms with Crippen molar-refractivity contribution in [3.63, 3.8) is 0 Å². The Balaban J connectivity index is 2.51. The van der Waals surface area contributed by atoms with Crippen LogP contribution in [0.1, 0.15) is 50.5 Å². The lowest BCUT2D eigenvalue weighted by Gasteiger charge is -2.39. The molecule has 0 atom stereocenters. The summed E-state index contributed by atoms with van der Waals surface area (Å²) in [7, 11) is 3.66. The Labute approximate surface area is 122 Å². The lowest BCUT2D eigenvalue weighted by atomic mass is 9.79. The summed E-state index contributed by atoms with van der Waals surface area (Å²) in [5.74, 6) is 2.14. The minimum absolute atomic E-state index is 0.250. The van der Waals surface area contributed by atoms with Gasteiger partial charge in [-0.3, -0.25) is 0 Å². The highest BCUT2D eigenvalue weighted by Crippen LogP contribution is 2.43. The number of aromatic nitrogens is 2. The van der Waals surface area contributed by atoms with E-state index in [1.54, 1.807) is 7.11 Å². The zero-order chi connectivity index (χ0) is 13.3. The van der Waals surface area contributed by atoms with Crippen LogP contribution in [0, 0.1) is 3.57 Å². The Morgan fingerprint density at radius 3 is 2.39 bits per heavy atom. The van der Waals surface area contributed by atoms with Crippen molar-refractivity contribution in [3.05, 3.63) is 15.1 Å². The highest BCUT2D eigenvalue weighted by atomic mass is 127. The predicted molar refractivity (Wildman–Crippen MR) is 80.9 cm³/mol. The maximum Gasteiger partial charge on any atom is 0.162 e. The van der Waals surface area contributed by atoms with Crippen LogP contribution in [0.15, 0.2) is 0 Å². The van der Waals surface area contributed by atoms with Crippen LogP contribution in [0.25, 0.3) is 0 Å². The average molecular weight is 361 g/mol. The van der Waals surface area contributed by atoms with Crippen LogP contribution in [0.4, 0.5) is 5.82 Å². The van der Waals surface area contributed by atoms with E-state index in [4.69, 9.17) is 9.72 Å². The van der Waals surface area contributed by atoms with E-state index >= 15 is 0 Å². The second-order valence-electron chi connectivity index (χ2n) is 5.05. The quantitative estimate of drug-likeness (QED) is 0.837. The third-order valence-corrected chi connectivity index (χ3v) is 4.68. The molecule has 2 rings (SSSR count). The van der Waals surface area contributed by atoms with E-state index in [1.807, 2.05) is 7.05 Å². The van der Waals surface area contributed by atoms with Crippen LogP contribution in [0.2, 0.25) is 0 Å². The van der Waals surface area contributed by atoms with Crippen LogP contribution in [0.3, 0.4) is 0 Å². The summed E-state index contributed by atoms with van der Waals surface area (Å²) in [5.41, 5.74) is 0.854. The summed E-state index contributed by atoms with van der Waals surface area (Å²) in [6.07, 6.45) is 3.23. The molecule has 1 aromatic rings. The first-order valence-electron chi connectivity index (χ1n) is 6.35. The molecule has 1 aliphatic carbocycles. The first-order chi connectivity index (χ1) is 8.54. The molecule has 0 unspecified atom stereocenters. The van der Waals surface area contributed by atoms with Gasteiger partial charge in [0.25, 0.3) is 0 Å². The molecule has 4 nitrogen and oxygen atoms in total. The number of hydrogen-bond acceptors (Lipinski definition) is 4. The third kappa shape index (κ3) is 2.22. The molecular weight excluding hydrogens is 341 g/mol. The van der Waals surface area contributed by atoms with Crippen LogP contribution in [0.5, 0.6) is 0 Å². The van der Waals surface area contributed by atoms with Gasteiger partial charge in [0.2, 0.25) is 0 Å². The zero-order valence-corrected chi connectivity index (χ0v) is 13.5. The topological polar surface area (TPSA) is 47.0 Å². The second-order valence-corrected chi connectivity index (χ2v) is 6.13. The van der Waals surface area contributed by atoms with Gasteiger partial charge >= 0.3 is 0 Å². The summed E-state index contributed by atoms with van der Waals surface area (Å²) in [6, 6.07) is 0. The minimum atomic E-state index is -0.250. The zero-order valence-electron chi connectivity index (χ0n) is 11.4. The first-order valence-corrected chi connectivity index (χ1v) is 7.43. The van der Waals surface area contributed by atoms with Gasteiger partial charge in [-0.1, -0.05) is 13.8 Å². The Bertz CT molecular complexity index is 439. The Hall–Kier alpha value is -0.430. The molecule has 1 N–H and O–H groups in total. The number of anilines is 1. The van der Waals surface area contributed by atoms with Crippen molar-refractivity contribution >= 4 is 28.4 Å². The predicted octanol–water partition coefficient (Wildman–Crippen LogP) is 3.27. The van der Waals surface area contributed by atoms with E-state index < -0.39 is 0 Å². The van der Waals surface area contributed by atoms with E-state index in [1.165, 1.54) is 6.42 Å². The van der Waals surface area contributed by atoms with E-state index in [9.17, 15) is 0 Å². The highest BCUT2D eigenvalue weighted by molar-refractivity contribution is 14.1. The van der Waals surface area contributed by atoms with Gasteiger partial charge in [-0.25, -0.2) is 9.97 Å². The molecule has 0 aromatic carbocycles. The number of ether oxygens (including phenoxy) is 1. The minimum Gasteiger partial charge on any atom is -0.372 e. The second kappa shape index (κ2) is 5.28. The summed E-state index contributed by atoms with van der Waals surface area (Å²) in [6.45, 7) is 4.32. The van der Waals surface area contributed by atoms with Crippen LogP contribution < -0.4 is 5.32 Å². The van der Waals surface area contributed by atoms with Crippen molar-refractivity contribution in [1.82, 2.24) is 9.97 Å². The first kappa shape index (κ1) is 14.0. The molecule has 100 valence electrons. The van der Waals surface area contributed by atoms with Crippen molar-refractivity contribution in [3.8, 4) is 0 Å². The maximum absolute atomic E-state index is 5.68. The number of nitrogens with zero attached hydrogens (tertiary/aromatic N) is 2. The summed E-state index contributed by atoms with van der Waals surface area (Å²) >= 11 is 2.31. The Morgan fingerprint density at radius 2 is 2.00 bits per heavy atom. The van der Waals surface area contributed by atoms with Crippen LogP contribution in [-0.2, 0) is 10.3 Å². The normalized spacial score (nSPS) is 17.7. The molecule has 18 heavy (non-hydrogen) atoms. The smallest absolute Gasteiger partial charge is 0.162 e. The molecular formula is C13H20IN3O. The van der Waals surface area contributed by atoms with Crippen LogP contribution in [-0.4, -0.2) is 24.1 Å². The van der Waals surface area contributed by atoms with Gasteiger partial charge in [-0.05, 0) is 47.8 Å². The molecule has 5 heteroatoms. The molecule has 1 aliphatic rings. The molecule has 1 fully saturated rings. The molecule has 0 amide bonds. The van der Waals surface area contributed by atoms with Crippen molar-refractivity contribution in [2.75, 3.05) is 19.5 Å². The Kier molecular flexibility index (Phi) is 4.11. The van der Waals surface area contributed by atoms with Gasteiger partial charge in [0.15, 0.2) is 5.82 Å². The summed E-state index contributed by atoms with van der Waals surface area (Å²) in [5, 5.41) is 3.16. The van der Waals surface area contributed by atoms with Crippen molar-refractivity contribution in [1.29, 1.82) is 0 Å². The van der Waals surface area contributed by atoms with Gasteiger partial charge < -0.3 is 10.1 Å². The Morgan fingerprint density at radius 1 is 1.33 bits per heavy atom. The molecule has 0 saturated heterocycles. The molecule has 1 aromatic heterocycles. The lowest BCUT2D eigenvalue weighted by Crippen LogP contribution is -2.38. The van der Waals surface area contributed by atoms with Gasteiger partial charge in [0.1, 0.15) is 11.4 Å². The molecule has 0 radical (unpaired) electrons. The van der Waals surface area contributed by atoms with E-state index in [2.05, 4.69) is 46.7 Å². The van der Waals surface area contributed by atoms with Crippen molar-refractivity contribution in [2.45, 2.75) is 44.6 Å². The van der Waals surface area contributed by atoms with Gasteiger partial charge in [-0.2, -0.15) is 0 Å². The van der Waals surface area contributed by atoms with Crippen molar-refractivity contribution in [2.24, 2.45) is 0 Å². The lowest BCUT2D eigenvalue weighted by molar-refractivity contribution is -0.0847. The average Bonchev–Trinajstić information content (AvgIpc) is 2.29. The number of halogens is 1. The number of rotatable bonds is 4. The van der Waals surface area contributed by atoms with E-state index in [-0.39, 0.29) is 5.60 Å². The monoisotopic (exact) mass is 361 g/mol. The summed E-state index contributed by atoms with van der Waals surface area (Å²) < 4.78 is 6.79. The van der Waals surface area contributed by atoms with E-state index in [0.29, 0.717) is 5.92 Å². The fraction of sp³-hybridized carbons (Fsp3) is 0.692. The third-order valence-electron chi connectivity index (χ3n) is 3.62. The molecule has 1 saturated carbocycles. The fourth-order valence-electron chi connectivity index (χ4n) is 2.23. The number of methoxy groups -OCH3 is 1. The number of hydrogen-bond donors (Lipinski definition) is 1. The summed E-state index contributed by atoms with van der Waals surface area (Å²) in [4.78, 5) is 9.41. The molecule has 0 aliphatic heterocycles. The molecule has 0 bridgehead atoms. The highest BCUT2D eigenvalue weighted by Gasteiger charge is 2.42. The molecule has 0 spiro atoms. The molecule has 1 heterocycles. The fourth-order valence-corrected chi connectivity index (χ4v) is 3.37. The largest absolute Gasteiger partial charge is 0.372 e. The van der Waals surface area contributed by atoms with E-state index in [0.717, 1.165) is 33.7 Å². The van der Waals surface area contributed by atoms with Gasteiger partial charge in [0.05, 0.1) is 9.26 Å². The van der Waals surface area contributed by atoms with Crippen LogP contribution >= 0.6 is 22.6 Å². The van der Waals surface area contributed by atoms with Crippen molar-refractivity contribution < 1.29 is 4.74 Å². The van der Waals surface area contributed by atoms with Gasteiger partial charge in [0, 0.05) is 14.2 Å².